The van der Waals surface area contributed by atoms with E-state index in [0.29, 0.717) is 17.3 Å². The molecule has 0 aromatic heterocycles. The molecule has 2 aromatic rings. The van der Waals surface area contributed by atoms with Gasteiger partial charge in [0.25, 0.3) is 5.91 Å². The SMILES string of the molecule is CCCNC(=O)COc1ccc(-c2ccccc2)cc1Cl. The summed E-state index contributed by atoms with van der Waals surface area (Å²) < 4.78 is 5.44. The maximum absolute atomic E-state index is 11.5. The number of hydrogen-bond donors (Lipinski definition) is 1. The average Bonchev–Trinajstić information content (AvgIpc) is 2.52. The fourth-order valence-corrected chi connectivity index (χ4v) is 2.12. The van der Waals surface area contributed by atoms with Gasteiger partial charge in [0.05, 0.1) is 5.02 Å². The molecular formula is C17H18ClNO2. The van der Waals surface area contributed by atoms with Crippen LogP contribution in [0.2, 0.25) is 5.02 Å². The van der Waals surface area contributed by atoms with Crippen molar-refractivity contribution in [2.24, 2.45) is 0 Å². The van der Waals surface area contributed by atoms with Crippen LogP contribution in [0.3, 0.4) is 0 Å². The molecule has 0 spiro atoms. The lowest BCUT2D eigenvalue weighted by Gasteiger charge is -2.10. The number of hydrogen-bond acceptors (Lipinski definition) is 2. The smallest absolute Gasteiger partial charge is 0.257 e. The van der Waals surface area contributed by atoms with E-state index in [-0.39, 0.29) is 12.5 Å². The number of halogens is 1. The second-order valence-electron chi connectivity index (χ2n) is 4.65. The fraction of sp³-hybridized carbons (Fsp3) is 0.235. The average molecular weight is 304 g/mol. The van der Waals surface area contributed by atoms with Gasteiger partial charge in [-0.1, -0.05) is 54.9 Å². The first-order valence-electron chi connectivity index (χ1n) is 6.95. The number of nitrogens with one attached hydrogen (secondary N) is 1. The molecule has 0 atom stereocenters. The summed E-state index contributed by atoms with van der Waals surface area (Å²) in [6, 6.07) is 15.5. The van der Waals surface area contributed by atoms with E-state index < -0.39 is 0 Å². The van der Waals surface area contributed by atoms with Crippen LogP contribution in [0.1, 0.15) is 13.3 Å². The number of amides is 1. The van der Waals surface area contributed by atoms with Crippen molar-refractivity contribution in [2.45, 2.75) is 13.3 Å². The van der Waals surface area contributed by atoms with Gasteiger partial charge < -0.3 is 10.1 Å². The molecule has 0 bridgehead atoms. The Bertz CT molecular complexity index is 599. The quantitative estimate of drug-likeness (QED) is 0.878. The van der Waals surface area contributed by atoms with Crippen LogP contribution in [0.5, 0.6) is 5.75 Å². The first-order valence-corrected chi connectivity index (χ1v) is 7.33. The van der Waals surface area contributed by atoms with Crippen LogP contribution in [-0.4, -0.2) is 19.1 Å². The third-order valence-electron chi connectivity index (χ3n) is 2.97. The Morgan fingerprint density at radius 1 is 1.14 bits per heavy atom. The molecule has 0 unspecified atom stereocenters. The number of rotatable bonds is 6. The second kappa shape index (κ2) is 7.70. The Morgan fingerprint density at radius 2 is 1.90 bits per heavy atom. The van der Waals surface area contributed by atoms with Crippen molar-refractivity contribution in [3.63, 3.8) is 0 Å². The molecule has 4 heteroatoms. The summed E-state index contributed by atoms with van der Waals surface area (Å²) in [4.78, 5) is 11.5. The van der Waals surface area contributed by atoms with E-state index in [4.69, 9.17) is 16.3 Å². The zero-order valence-electron chi connectivity index (χ0n) is 11.9. The fourth-order valence-electron chi connectivity index (χ4n) is 1.89. The van der Waals surface area contributed by atoms with Crippen LogP contribution < -0.4 is 10.1 Å². The summed E-state index contributed by atoms with van der Waals surface area (Å²) in [5.41, 5.74) is 2.11. The van der Waals surface area contributed by atoms with Gasteiger partial charge in [0, 0.05) is 6.54 Å². The third kappa shape index (κ3) is 4.50. The van der Waals surface area contributed by atoms with E-state index in [9.17, 15) is 4.79 Å². The second-order valence-corrected chi connectivity index (χ2v) is 5.06. The monoisotopic (exact) mass is 303 g/mol. The molecule has 0 heterocycles. The summed E-state index contributed by atoms with van der Waals surface area (Å²) in [7, 11) is 0. The number of benzene rings is 2. The third-order valence-corrected chi connectivity index (χ3v) is 3.27. The van der Waals surface area contributed by atoms with Crippen molar-refractivity contribution >= 4 is 17.5 Å². The molecule has 110 valence electrons. The lowest BCUT2D eigenvalue weighted by molar-refractivity contribution is -0.123. The molecule has 21 heavy (non-hydrogen) atoms. The van der Waals surface area contributed by atoms with E-state index in [1.54, 1.807) is 6.07 Å². The van der Waals surface area contributed by atoms with Crippen LogP contribution >= 0.6 is 11.6 Å². The standard InChI is InChI=1S/C17H18ClNO2/c1-2-10-19-17(20)12-21-16-9-8-14(11-15(16)18)13-6-4-3-5-7-13/h3-9,11H,2,10,12H2,1H3,(H,19,20). The van der Waals surface area contributed by atoms with Gasteiger partial charge in [0.2, 0.25) is 0 Å². The molecule has 3 nitrogen and oxygen atoms in total. The van der Waals surface area contributed by atoms with Crippen molar-refractivity contribution in [2.75, 3.05) is 13.2 Å². The van der Waals surface area contributed by atoms with Crippen LogP contribution in [0.15, 0.2) is 48.5 Å². The predicted molar refractivity (Wildman–Crippen MR) is 85.7 cm³/mol. The van der Waals surface area contributed by atoms with Crippen molar-refractivity contribution in [3.05, 3.63) is 53.6 Å². The van der Waals surface area contributed by atoms with Gasteiger partial charge in [-0.15, -0.1) is 0 Å². The zero-order valence-corrected chi connectivity index (χ0v) is 12.7. The highest BCUT2D eigenvalue weighted by atomic mass is 35.5. The Morgan fingerprint density at radius 3 is 2.57 bits per heavy atom. The largest absolute Gasteiger partial charge is 0.482 e. The first kappa shape index (κ1) is 15.4. The van der Waals surface area contributed by atoms with Gasteiger partial charge in [-0.3, -0.25) is 4.79 Å². The van der Waals surface area contributed by atoms with Gasteiger partial charge in [0.1, 0.15) is 5.75 Å². The Balaban J connectivity index is 2.01. The Hall–Kier alpha value is -2.00. The molecule has 0 aliphatic heterocycles. The van der Waals surface area contributed by atoms with Crippen LogP contribution in [0, 0.1) is 0 Å². The minimum atomic E-state index is -0.139. The lowest BCUT2D eigenvalue weighted by Crippen LogP contribution is -2.29. The molecule has 0 radical (unpaired) electrons. The van der Waals surface area contributed by atoms with E-state index >= 15 is 0 Å². The van der Waals surface area contributed by atoms with Gasteiger partial charge in [-0.05, 0) is 29.7 Å². The van der Waals surface area contributed by atoms with Crippen molar-refractivity contribution in [1.29, 1.82) is 0 Å². The molecule has 0 fully saturated rings. The molecule has 1 amide bonds. The summed E-state index contributed by atoms with van der Waals surface area (Å²) in [6.45, 7) is 2.63. The summed E-state index contributed by atoms with van der Waals surface area (Å²) in [6.07, 6.45) is 0.901. The van der Waals surface area contributed by atoms with Gasteiger partial charge in [-0.25, -0.2) is 0 Å². The Kier molecular flexibility index (Phi) is 5.64. The van der Waals surface area contributed by atoms with Crippen molar-refractivity contribution in [3.8, 4) is 16.9 Å². The highest BCUT2D eigenvalue weighted by Gasteiger charge is 2.07. The minimum absolute atomic E-state index is 0.0234. The van der Waals surface area contributed by atoms with E-state index in [2.05, 4.69) is 5.32 Å². The summed E-state index contributed by atoms with van der Waals surface area (Å²) in [5.74, 6) is 0.378. The van der Waals surface area contributed by atoms with Crippen molar-refractivity contribution < 1.29 is 9.53 Å². The van der Waals surface area contributed by atoms with Gasteiger partial charge >= 0.3 is 0 Å². The molecule has 0 saturated carbocycles. The molecule has 0 aliphatic carbocycles. The number of carbonyl (C=O) groups excluding carboxylic acids is 1. The van der Waals surface area contributed by atoms with E-state index in [0.717, 1.165) is 17.5 Å². The molecule has 2 rings (SSSR count). The maximum atomic E-state index is 11.5. The zero-order chi connectivity index (χ0) is 15.1. The topological polar surface area (TPSA) is 38.3 Å². The highest BCUT2D eigenvalue weighted by molar-refractivity contribution is 6.32. The van der Waals surface area contributed by atoms with E-state index in [1.807, 2.05) is 49.4 Å². The normalized spacial score (nSPS) is 10.2. The summed E-state index contributed by atoms with van der Waals surface area (Å²) >= 11 is 6.21. The summed E-state index contributed by atoms with van der Waals surface area (Å²) in [5, 5.41) is 3.25. The van der Waals surface area contributed by atoms with Crippen LogP contribution in [0.25, 0.3) is 11.1 Å². The molecule has 1 N–H and O–H groups in total. The Labute approximate surface area is 129 Å². The van der Waals surface area contributed by atoms with Crippen molar-refractivity contribution in [1.82, 2.24) is 5.32 Å². The molecular weight excluding hydrogens is 286 g/mol. The van der Waals surface area contributed by atoms with Crippen LogP contribution in [-0.2, 0) is 4.79 Å². The maximum Gasteiger partial charge on any atom is 0.257 e. The minimum Gasteiger partial charge on any atom is -0.482 e. The number of carbonyl (C=O) groups is 1. The first-order chi connectivity index (χ1) is 10.2. The molecule has 2 aromatic carbocycles. The molecule has 0 aliphatic rings. The van der Waals surface area contributed by atoms with Gasteiger partial charge in [0.15, 0.2) is 6.61 Å². The molecule has 0 saturated heterocycles. The predicted octanol–water partition coefficient (Wildman–Crippen LogP) is 3.91. The number of ether oxygens (including phenoxy) is 1. The highest BCUT2D eigenvalue weighted by Crippen LogP contribution is 2.30. The lowest BCUT2D eigenvalue weighted by atomic mass is 10.1. The van der Waals surface area contributed by atoms with Gasteiger partial charge in [-0.2, -0.15) is 0 Å². The van der Waals surface area contributed by atoms with Crippen LogP contribution in [0.4, 0.5) is 0 Å². The van der Waals surface area contributed by atoms with E-state index in [1.165, 1.54) is 0 Å².